The van der Waals surface area contributed by atoms with Gasteiger partial charge in [-0.15, -0.1) is 11.3 Å². The summed E-state index contributed by atoms with van der Waals surface area (Å²) in [5, 5.41) is 1.06. The molecular weight excluding hydrogens is 234 g/mol. The Morgan fingerprint density at radius 3 is 2.76 bits per heavy atom. The number of ether oxygens (including phenoxy) is 1. The third kappa shape index (κ3) is 2.26. The van der Waals surface area contributed by atoms with Crippen LogP contribution in [0, 0.1) is 0 Å². The standard InChI is InChI=1S/C13H15NO2S/c1-3-9-5-8-6-10(13(15)16-4-2)11(14)7-12(8)17-9/h5-7H,3-4,14H2,1-2H3. The highest BCUT2D eigenvalue weighted by molar-refractivity contribution is 7.19. The third-order valence-corrected chi connectivity index (χ3v) is 3.83. The van der Waals surface area contributed by atoms with Gasteiger partial charge in [-0.05, 0) is 36.9 Å². The molecule has 17 heavy (non-hydrogen) atoms. The summed E-state index contributed by atoms with van der Waals surface area (Å²) in [5.41, 5.74) is 6.82. The molecule has 1 aromatic carbocycles. The molecule has 0 atom stereocenters. The fraction of sp³-hybridized carbons (Fsp3) is 0.308. The molecule has 0 saturated carbocycles. The van der Waals surface area contributed by atoms with Gasteiger partial charge in [-0.25, -0.2) is 4.79 Å². The van der Waals surface area contributed by atoms with Gasteiger partial charge in [-0.1, -0.05) is 6.92 Å². The molecule has 0 fully saturated rings. The normalized spacial score (nSPS) is 10.7. The van der Waals surface area contributed by atoms with Crippen molar-refractivity contribution in [1.29, 1.82) is 0 Å². The molecule has 4 heteroatoms. The highest BCUT2D eigenvalue weighted by Crippen LogP contribution is 2.30. The Kier molecular flexibility index (Phi) is 3.33. The van der Waals surface area contributed by atoms with Crippen molar-refractivity contribution in [2.75, 3.05) is 12.3 Å². The molecule has 90 valence electrons. The molecule has 0 aliphatic rings. The maximum Gasteiger partial charge on any atom is 0.340 e. The number of esters is 1. The number of hydrogen-bond donors (Lipinski definition) is 1. The Balaban J connectivity index is 2.50. The van der Waals surface area contributed by atoms with E-state index in [0.29, 0.717) is 17.9 Å². The first kappa shape index (κ1) is 11.9. The van der Waals surface area contributed by atoms with Crippen molar-refractivity contribution in [3.8, 4) is 0 Å². The number of carbonyl (C=O) groups is 1. The Morgan fingerprint density at radius 2 is 2.12 bits per heavy atom. The van der Waals surface area contributed by atoms with Gasteiger partial charge in [-0.3, -0.25) is 0 Å². The number of nitrogen functional groups attached to an aromatic ring is 1. The number of carbonyl (C=O) groups excluding carboxylic acids is 1. The molecule has 0 amide bonds. The summed E-state index contributed by atoms with van der Waals surface area (Å²) in [7, 11) is 0. The first-order valence-electron chi connectivity index (χ1n) is 5.64. The fourth-order valence-electron chi connectivity index (χ4n) is 1.72. The molecular formula is C13H15NO2S. The predicted molar refractivity (Wildman–Crippen MR) is 71.6 cm³/mol. The van der Waals surface area contributed by atoms with Gasteiger partial charge in [0.1, 0.15) is 0 Å². The lowest BCUT2D eigenvalue weighted by Crippen LogP contribution is -2.07. The molecule has 2 aromatic rings. The maximum atomic E-state index is 11.7. The number of rotatable bonds is 3. The summed E-state index contributed by atoms with van der Waals surface area (Å²) in [5.74, 6) is -0.351. The van der Waals surface area contributed by atoms with Crippen LogP contribution in [0.1, 0.15) is 29.1 Å². The van der Waals surface area contributed by atoms with E-state index in [1.165, 1.54) is 4.88 Å². The van der Waals surface area contributed by atoms with E-state index in [2.05, 4.69) is 13.0 Å². The minimum atomic E-state index is -0.351. The van der Waals surface area contributed by atoms with Crippen molar-refractivity contribution >= 4 is 33.1 Å². The maximum absolute atomic E-state index is 11.7. The number of fused-ring (bicyclic) bond motifs is 1. The third-order valence-electron chi connectivity index (χ3n) is 2.58. The molecule has 0 unspecified atom stereocenters. The smallest absolute Gasteiger partial charge is 0.340 e. The predicted octanol–water partition coefficient (Wildman–Crippen LogP) is 3.22. The van der Waals surface area contributed by atoms with Gasteiger partial charge in [0.25, 0.3) is 0 Å². The van der Waals surface area contributed by atoms with Crippen molar-refractivity contribution < 1.29 is 9.53 Å². The van der Waals surface area contributed by atoms with E-state index >= 15 is 0 Å². The van der Waals surface area contributed by atoms with E-state index in [-0.39, 0.29) is 5.97 Å². The van der Waals surface area contributed by atoms with Crippen molar-refractivity contribution in [2.45, 2.75) is 20.3 Å². The lowest BCUT2D eigenvalue weighted by Gasteiger charge is -2.05. The molecule has 0 radical (unpaired) electrons. The van der Waals surface area contributed by atoms with Crippen LogP contribution in [0.5, 0.6) is 0 Å². The summed E-state index contributed by atoms with van der Waals surface area (Å²) in [6.45, 7) is 4.26. The first-order valence-corrected chi connectivity index (χ1v) is 6.46. The molecule has 0 aliphatic carbocycles. The zero-order valence-corrected chi connectivity index (χ0v) is 10.8. The van der Waals surface area contributed by atoms with Crippen LogP contribution in [0.4, 0.5) is 5.69 Å². The van der Waals surface area contributed by atoms with Crippen molar-refractivity contribution in [3.63, 3.8) is 0 Å². The van der Waals surface area contributed by atoms with Crippen LogP contribution in [0.3, 0.4) is 0 Å². The molecule has 2 N–H and O–H groups in total. The molecule has 0 spiro atoms. The average molecular weight is 249 g/mol. The van der Waals surface area contributed by atoms with Gasteiger partial charge in [0, 0.05) is 15.3 Å². The van der Waals surface area contributed by atoms with Gasteiger partial charge in [0.15, 0.2) is 0 Å². The number of nitrogens with two attached hydrogens (primary N) is 1. The highest BCUT2D eigenvalue weighted by Gasteiger charge is 2.13. The lowest BCUT2D eigenvalue weighted by atomic mass is 10.1. The molecule has 0 aliphatic heterocycles. The average Bonchev–Trinajstić information content (AvgIpc) is 2.70. The second-order valence-electron chi connectivity index (χ2n) is 3.76. The van der Waals surface area contributed by atoms with Crippen molar-refractivity contribution in [2.24, 2.45) is 0 Å². The quantitative estimate of drug-likeness (QED) is 0.671. The van der Waals surface area contributed by atoms with E-state index in [1.54, 1.807) is 18.3 Å². The molecule has 1 heterocycles. The second kappa shape index (κ2) is 4.75. The zero-order chi connectivity index (χ0) is 12.4. The Hall–Kier alpha value is -1.55. The van der Waals surface area contributed by atoms with Crippen LogP contribution in [0.25, 0.3) is 10.1 Å². The van der Waals surface area contributed by atoms with Crippen LogP contribution in [0.2, 0.25) is 0 Å². The minimum absolute atomic E-state index is 0.351. The van der Waals surface area contributed by atoms with Crippen LogP contribution in [0.15, 0.2) is 18.2 Å². The van der Waals surface area contributed by atoms with Crippen LogP contribution in [-0.2, 0) is 11.2 Å². The number of hydrogen-bond acceptors (Lipinski definition) is 4. The summed E-state index contributed by atoms with van der Waals surface area (Å²) in [6.07, 6.45) is 0.994. The van der Waals surface area contributed by atoms with E-state index in [9.17, 15) is 4.79 Å². The van der Waals surface area contributed by atoms with Crippen LogP contribution in [-0.4, -0.2) is 12.6 Å². The number of aryl methyl sites for hydroxylation is 1. The Bertz CT molecular complexity index is 560. The molecule has 0 saturated heterocycles. The van der Waals surface area contributed by atoms with Gasteiger partial charge in [0.05, 0.1) is 12.2 Å². The Labute approximate surface area is 104 Å². The minimum Gasteiger partial charge on any atom is -0.462 e. The first-order chi connectivity index (χ1) is 8.15. The summed E-state index contributed by atoms with van der Waals surface area (Å²) in [6, 6.07) is 5.77. The molecule has 2 rings (SSSR count). The van der Waals surface area contributed by atoms with Crippen LogP contribution < -0.4 is 5.73 Å². The topological polar surface area (TPSA) is 52.3 Å². The SMILES string of the molecule is CCOC(=O)c1cc2cc(CC)sc2cc1N. The highest BCUT2D eigenvalue weighted by atomic mass is 32.1. The molecule has 3 nitrogen and oxygen atoms in total. The number of anilines is 1. The molecule has 1 aromatic heterocycles. The van der Waals surface area contributed by atoms with E-state index < -0.39 is 0 Å². The van der Waals surface area contributed by atoms with E-state index in [1.807, 2.05) is 12.1 Å². The summed E-state index contributed by atoms with van der Waals surface area (Å²) >= 11 is 1.71. The fourth-order valence-corrected chi connectivity index (χ4v) is 2.75. The van der Waals surface area contributed by atoms with Gasteiger partial charge < -0.3 is 10.5 Å². The van der Waals surface area contributed by atoms with Crippen molar-refractivity contribution in [1.82, 2.24) is 0 Å². The lowest BCUT2D eigenvalue weighted by molar-refractivity contribution is 0.0528. The van der Waals surface area contributed by atoms with Gasteiger partial charge in [0.2, 0.25) is 0 Å². The summed E-state index contributed by atoms with van der Waals surface area (Å²) in [4.78, 5) is 13.0. The largest absolute Gasteiger partial charge is 0.462 e. The van der Waals surface area contributed by atoms with Crippen molar-refractivity contribution in [3.05, 3.63) is 28.6 Å². The number of benzene rings is 1. The monoisotopic (exact) mass is 249 g/mol. The van der Waals surface area contributed by atoms with Gasteiger partial charge in [-0.2, -0.15) is 0 Å². The van der Waals surface area contributed by atoms with Crippen LogP contribution >= 0.6 is 11.3 Å². The van der Waals surface area contributed by atoms with E-state index in [0.717, 1.165) is 16.5 Å². The molecule has 0 bridgehead atoms. The van der Waals surface area contributed by atoms with Gasteiger partial charge >= 0.3 is 5.97 Å². The number of thiophene rings is 1. The summed E-state index contributed by atoms with van der Waals surface area (Å²) < 4.78 is 6.09. The Morgan fingerprint density at radius 1 is 1.35 bits per heavy atom. The van der Waals surface area contributed by atoms with E-state index in [4.69, 9.17) is 10.5 Å². The second-order valence-corrected chi connectivity index (χ2v) is 4.93. The zero-order valence-electron chi connectivity index (χ0n) is 9.95.